The van der Waals surface area contributed by atoms with Gasteiger partial charge in [0.1, 0.15) is 5.75 Å². The maximum Gasteiger partial charge on any atom is 0.261 e. The molecule has 0 radical (unpaired) electrons. The van der Waals surface area contributed by atoms with Crippen LogP contribution in [0.4, 0.5) is 0 Å². The molecule has 0 spiro atoms. The molecule has 100 valence electrons. The van der Waals surface area contributed by atoms with E-state index in [1.54, 1.807) is 31.4 Å². The van der Waals surface area contributed by atoms with Crippen LogP contribution in [0.3, 0.4) is 0 Å². The lowest BCUT2D eigenvalue weighted by atomic mass is 10.1. The van der Waals surface area contributed by atoms with Gasteiger partial charge in [0.05, 0.1) is 24.8 Å². The average Bonchev–Trinajstić information content (AvgIpc) is 2.73. The van der Waals surface area contributed by atoms with Crippen molar-refractivity contribution in [1.82, 2.24) is 4.90 Å². The van der Waals surface area contributed by atoms with E-state index in [0.29, 0.717) is 16.9 Å². The Bertz CT molecular complexity index is 659. The number of hydrogen-bond acceptors (Lipinski definition) is 3. The number of imide groups is 1. The predicted molar refractivity (Wildman–Crippen MR) is 73.6 cm³/mol. The van der Waals surface area contributed by atoms with E-state index in [1.165, 1.54) is 4.90 Å². The summed E-state index contributed by atoms with van der Waals surface area (Å²) in [5.41, 5.74) is 1.81. The Morgan fingerprint density at radius 1 is 0.950 bits per heavy atom. The van der Waals surface area contributed by atoms with Crippen LogP contribution in [-0.4, -0.2) is 23.8 Å². The van der Waals surface area contributed by atoms with Crippen LogP contribution >= 0.6 is 0 Å². The summed E-state index contributed by atoms with van der Waals surface area (Å²) in [6, 6.07) is 14.2. The first kappa shape index (κ1) is 12.4. The van der Waals surface area contributed by atoms with Crippen molar-refractivity contribution in [3.8, 4) is 5.75 Å². The maximum absolute atomic E-state index is 12.2. The molecule has 0 fully saturated rings. The van der Waals surface area contributed by atoms with E-state index in [9.17, 15) is 9.59 Å². The molecule has 0 aromatic heterocycles. The molecule has 1 aliphatic heterocycles. The summed E-state index contributed by atoms with van der Waals surface area (Å²) >= 11 is 0. The fraction of sp³-hybridized carbons (Fsp3) is 0.125. The smallest absolute Gasteiger partial charge is 0.261 e. The number of fused-ring (bicyclic) bond motifs is 1. The van der Waals surface area contributed by atoms with Gasteiger partial charge in [-0.2, -0.15) is 0 Å². The molecule has 0 saturated carbocycles. The number of amides is 2. The van der Waals surface area contributed by atoms with Crippen molar-refractivity contribution in [1.29, 1.82) is 0 Å². The SMILES string of the molecule is COc1cccc(CN2C(=O)c3ccccc3C2=O)c1. The third kappa shape index (κ3) is 1.95. The molecule has 2 amide bonds. The first-order chi connectivity index (χ1) is 9.70. The lowest BCUT2D eigenvalue weighted by Crippen LogP contribution is -2.29. The number of methoxy groups -OCH3 is 1. The highest BCUT2D eigenvalue weighted by molar-refractivity contribution is 6.21. The Hall–Kier alpha value is -2.62. The molecule has 0 saturated heterocycles. The number of rotatable bonds is 3. The van der Waals surface area contributed by atoms with Crippen molar-refractivity contribution < 1.29 is 14.3 Å². The van der Waals surface area contributed by atoms with Gasteiger partial charge in [-0.25, -0.2) is 0 Å². The van der Waals surface area contributed by atoms with E-state index in [2.05, 4.69) is 0 Å². The van der Waals surface area contributed by atoms with Gasteiger partial charge < -0.3 is 4.74 Å². The lowest BCUT2D eigenvalue weighted by molar-refractivity contribution is 0.0642. The Kier molecular flexibility index (Phi) is 2.99. The maximum atomic E-state index is 12.2. The van der Waals surface area contributed by atoms with Crippen LogP contribution in [-0.2, 0) is 6.54 Å². The minimum Gasteiger partial charge on any atom is -0.497 e. The summed E-state index contributed by atoms with van der Waals surface area (Å²) in [4.78, 5) is 25.7. The zero-order valence-corrected chi connectivity index (χ0v) is 11.0. The Morgan fingerprint density at radius 3 is 2.20 bits per heavy atom. The zero-order chi connectivity index (χ0) is 14.1. The zero-order valence-electron chi connectivity index (χ0n) is 11.0. The van der Waals surface area contributed by atoms with Crippen LogP contribution < -0.4 is 4.74 Å². The van der Waals surface area contributed by atoms with Crippen molar-refractivity contribution in [2.24, 2.45) is 0 Å². The largest absolute Gasteiger partial charge is 0.497 e. The molecule has 4 nitrogen and oxygen atoms in total. The molecule has 0 bridgehead atoms. The Morgan fingerprint density at radius 2 is 1.60 bits per heavy atom. The van der Waals surface area contributed by atoms with E-state index in [0.717, 1.165) is 5.56 Å². The third-order valence-electron chi connectivity index (χ3n) is 3.35. The minimum absolute atomic E-state index is 0.242. The van der Waals surface area contributed by atoms with Gasteiger partial charge in [0, 0.05) is 0 Å². The second-order valence-electron chi connectivity index (χ2n) is 4.59. The van der Waals surface area contributed by atoms with Crippen LogP contribution in [0.25, 0.3) is 0 Å². The van der Waals surface area contributed by atoms with Gasteiger partial charge in [-0.1, -0.05) is 24.3 Å². The molecule has 3 rings (SSSR count). The van der Waals surface area contributed by atoms with Crippen LogP contribution in [0, 0.1) is 0 Å². The van der Waals surface area contributed by atoms with Crippen molar-refractivity contribution in [3.63, 3.8) is 0 Å². The van der Waals surface area contributed by atoms with E-state index in [1.807, 2.05) is 24.3 Å². The van der Waals surface area contributed by atoms with Crippen molar-refractivity contribution >= 4 is 11.8 Å². The van der Waals surface area contributed by atoms with Gasteiger partial charge in [0.15, 0.2) is 0 Å². The molecule has 2 aromatic carbocycles. The van der Waals surface area contributed by atoms with Crippen molar-refractivity contribution in [3.05, 3.63) is 65.2 Å². The number of hydrogen-bond donors (Lipinski definition) is 0. The van der Waals surface area contributed by atoms with Gasteiger partial charge >= 0.3 is 0 Å². The first-order valence-corrected chi connectivity index (χ1v) is 6.29. The molecule has 0 unspecified atom stereocenters. The van der Waals surface area contributed by atoms with Gasteiger partial charge in [-0.3, -0.25) is 14.5 Å². The molecule has 1 aliphatic rings. The number of ether oxygens (including phenoxy) is 1. The van der Waals surface area contributed by atoms with Crippen molar-refractivity contribution in [2.75, 3.05) is 7.11 Å². The summed E-state index contributed by atoms with van der Waals surface area (Å²) in [6.45, 7) is 0.254. The topological polar surface area (TPSA) is 46.6 Å². The van der Waals surface area contributed by atoms with E-state index < -0.39 is 0 Å². The van der Waals surface area contributed by atoms with Crippen molar-refractivity contribution in [2.45, 2.75) is 6.54 Å². The molecular formula is C16H13NO3. The summed E-state index contributed by atoms with van der Waals surface area (Å²) in [6.07, 6.45) is 0. The quantitative estimate of drug-likeness (QED) is 0.803. The third-order valence-corrected chi connectivity index (χ3v) is 3.35. The molecule has 2 aromatic rings. The van der Waals surface area contributed by atoms with E-state index in [4.69, 9.17) is 4.74 Å². The highest BCUT2D eigenvalue weighted by Gasteiger charge is 2.34. The molecule has 1 heterocycles. The first-order valence-electron chi connectivity index (χ1n) is 6.29. The molecular weight excluding hydrogens is 254 g/mol. The molecule has 4 heteroatoms. The summed E-state index contributed by atoms with van der Waals surface area (Å²) in [7, 11) is 1.58. The normalized spacial score (nSPS) is 13.6. The van der Waals surface area contributed by atoms with Crippen LogP contribution in [0.2, 0.25) is 0 Å². The molecule has 0 atom stereocenters. The van der Waals surface area contributed by atoms with Crippen LogP contribution in [0.15, 0.2) is 48.5 Å². The standard InChI is InChI=1S/C16H13NO3/c1-20-12-6-4-5-11(9-12)10-17-15(18)13-7-2-3-8-14(13)16(17)19/h2-9H,10H2,1H3. The van der Waals surface area contributed by atoms with E-state index >= 15 is 0 Å². The van der Waals surface area contributed by atoms with Gasteiger partial charge in [-0.15, -0.1) is 0 Å². The average molecular weight is 267 g/mol. The second kappa shape index (κ2) is 4.81. The van der Waals surface area contributed by atoms with E-state index in [-0.39, 0.29) is 18.4 Å². The van der Waals surface area contributed by atoms with Gasteiger partial charge in [0.2, 0.25) is 0 Å². The van der Waals surface area contributed by atoms with Gasteiger partial charge in [-0.05, 0) is 29.8 Å². The fourth-order valence-corrected chi connectivity index (χ4v) is 2.34. The summed E-state index contributed by atoms with van der Waals surface area (Å²) < 4.78 is 5.15. The Labute approximate surface area is 116 Å². The number of nitrogens with zero attached hydrogens (tertiary/aromatic N) is 1. The summed E-state index contributed by atoms with van der Waals surface area (Å²) in [5, 5.41) is 0. The minimum atomic E-state index is -0.242. The fourth-order valence-electron chi connectivity index (χ4n) is 2.34. The molecule has 20 heavy (non-hydrogen) atoms. The van der Waals surface area contributed by atoms with Crippen LogP contribution in [0.5, 0.6) is 5.75 Å². The van der Waals surface area contributed by atoms with Gasteiger partial charge in [0.25, 0.3) is 11.8 Å². The monoisotopic (exact) mass is 267 g/mol. The summed E-state index contributed by atoms with van der Waals surface area (Å²) in [5.74, 6) is 0.223. The number of carbonyl (C=O) groups is 2. The highest BCUT2D eigenvalue weighted by atomic mass is 16.5. The Balaban J connectivity index is 1.89. The number of carbonyl (C=O) groups excluding carboxylic acids is 2. The highest BCUT2D eigenvalue weighted by Crippen LogP contribution is 2.25. The second-order valence-corrected chi connectivity index (χ2v) is 4.59. The lowest BCUT2D eigenvalue weighted by Gasteiger charge is -2.14. The molecule has 0 aliphatic carbocycles. The predicted octanol–water partition coefficient (Wildman–Crippen LogP) is 2.49. The molecule has 0 N–H and O–H groups in total. The number of benzene rings is 2. The van der Waals surface area contributed by atoms with Crippen LogP contribution in [0.1, 0.15) is 26.3 Å².